The van der Waals surface area contributed by atoms with Gasteiger partial charge in [0.15, 0.2) is 0 Å². The molecule has 4 rings (SSSR count). The number of pyridine rings is 1. The molecule has 0 atom stereocenters. The highest BCUT2D eigenvalue weighted by Gasteiger charge is 2.35. The van der Waals surface area contributed by atoms with Crippen molar-refractivity contribution < 1.29 is 32.3 Å². The highest BCUT2D eigenvalue weighted by molar-refractivity contribution is 5.92. The predicted octanol–water partition coefficient (Wildman–Crippen LogP) is 5.85. The normalized spacial score (nSPS) is 11.8. The minimum absolute atomic E-state index is 0.0277. The van der Waals surface area contributed by atoms with Crippen LogP contribution >= 0.6 is 0 Å². The Balaban J connectivity index is 1.57. The molecule has 2 N–H and O–H groups in total. The van der Waals surface area contributed by atoms with Gasteiger partial charge in [-0.15, -0.1) is 0 Å². The number of rotatable bonds is 6. The first-order valence-electron chi connectivity index (χ1n) is 10.5. The number of aromatic nitrogens is 1. The maximum absolute atomic E-state index is 13.8. The number of amides is 1. The van der Waals surface area contributed by atoms with Gasteiger partial charge in [0.1, 0.15) is 11.3 Å². The van der Waals surface area contributed by atoms with Gasteiger partial charge >= 0.3 is 12.1 Å². The maximum Gasteiger partial charge on any atom is 0.420 e. The average molecular weight is 480 g/mol. The van der Waals surface area contributed by atoms with Crippen molar-refractivity contribution in [2.24, 2.45) is 0 Å². The van der Waals surface area contributed by atoms with Gasteiger partial charge in [-0.3, -0.25) is 9.78 Å². The number of carbonyl (C=O) groups is 2. The van der Waals surface area contributed by atoms with Gasteiger partial charge in [0.2, 0.25) is 5.91 Å². The van der Waals surface area contributed by atoms with Gasteiger partial charge in [-0.05, 0) is 66.1 Å². The molecule has 0 bridgehead atoms. The second-order valence-corrected chi connectivity index (χ2v) is 7.82. The van der Waals surface area contributed by atoms with E-state index in [1.165, 1.54) is 42.5 Å². The van der Waals surface area contributed by atoms with Gasteiger partial charge in [0.05, 0.1) is 17.7 Å². The Labute approximate surface area is 197 Å². The molecule has 0 aliphatic carbocycles. The van der Waals surface area contributed by atoms with E-state index in [-0.39, 0.29) is 34.4 Å². The number of fused-ring (bicyclic) bond motifs is 1. The van der Waals surface area contributed by atoms with Crippen molar-refractivity contribution in [3.63, 3.8) is 0 Å². The zero-order valence-corrected chi connectivity index (χ0v) is 18.4. The number of carboxylic acids is 1. The Hall–Kier alpha value is -4.40. The quantitative estimate of drug-likeness (QED) is 0.338. The van der Waals surface area contributed by atoms with Crippen LogP contribution in [0.2, 0.25) is 0 Å². The van der Waals surface area contributed by atoms with Crippen LogP contribution in [-0.4, -0.2) is 22.0 Å². The van der Waals surface area contributed by atoms with Crippen LogP contribution in [0.4, 0.5) is 13.2 Å². The summed E-state index contributed by atoms with van der Waals surface area (Å²) in [5.41, 5.74) is 0.982. The highest BCUT2D eigenvalue weighted by Crippen LogP contribution is 2.39. The Morgan fingerprint density at radius 2 is 1.80 bits per heavy atom. The lowest BCUT2D eigenvalue weighted by molar-refractivity contribution is -0.136. The van der Waals surface area contributed by atoms with Crippen LogP contribution in [0.3, 0.4) is 0 Å². The summed E-state index contributed by atoms with van der Waals surface area (Å²) in [7, 11) is 0. The van der Waals surface area contributed by atoms with Crippen molar-refractivity contribution in [3.8, 4) is 11.1 Å². The summed E-state index contributed by atoms with van der Waals surface area (Å²) in [4.78, 5) is 27.3. The van der Waals surface area contributed by atoms with Crippen LogP contribution in [0.5, 0.6) is 0 Å². The monoisotopic (exact) mass is 480 g/mol. The predicted molar refractivity (Wildman–Crippen MR) is 123 cm³/mol. The van der Waals surface area contributed by atoms with Crippen molar-refractivity contribution in [3.05, 3.63) is 95.0 Å². The number of aryl methyl sites for hydroxylation is 1. The first-order chi connectivity index (χ1) is 16.6. The summed E-state index contributed by atoms with van der Waals surface area (Å²) in [6.07, 6.45) is -0.193. The molecule has 0 aliphatic rings. The molecule has 0 fully saturated rings. The molecule has 2 aromatic carbocycles. The largest absolute Gasteiger partial charge is 0.478 e. The second-order valence-electron chi connectivity index (χ2n) is 7.82. The summed E-state index contributed by atoms with van der Waals surface area (Å²) in [5, 5.41) is 11.8. The molecule has 4 aromatic rings. The van der Waals surface area contributed by atoms with E-state index in [4.69, 9.17) is 9.52 Å². The summed E-state index contributed by atoms with van der Waals surface area (Å²) in [5.74, 6) is -1.42. The summed E-state index contributed by atoms with van der Waals surface area (Å²) >= 11 is 0. The average Bonchev–Trinajstić information content (AvgIpc) is 3.24. The molecule has 0 unspecified atom stereocenters. The van der Waals surface area contributed by atoms with Gasteiger partial charge in [0, 0.05) is 23.4 Å². The number of hydrogen-bond acceptors (Lipinski definition) is 4. The molecule has 6 nitrogen and oxygen atoms in total. The minimum Gasteiger partial charge on any atom is -0.478 e. The molecule has 9 heteroatoms. The van der Waals surface area contributed by atoms with Crippen LogP contribution in [0.1, 0.15) is 32.9 Å². The van der Waals surface area contributed by atoms with E-state index in [0.29, 0.717) is 5.56 Å². The molecule has 35 heavy (non-hydrogen) atoms. The van der Waals surface area contributed by atoms with Crippen LogP contribution < -0.4 is 5.32 Å². The number of hydrogen-bond donors (Lipinski definition) is 2. The Morgan fingerprint density at radius 3 is 2.43 bits per heavy atom. The molecule has 0 saturated heterocycles. The van der Waals surface area contributed by atoms with Crippen LogP contribution in [0.25, 0.3) is 28.2 Å². The molecule has 0 spiro atoms. The highest BCUT2D eigenvalue weighted by atomic mass is 19.4. The maximum atomic E-state index is 13.8. The van der Waals surface area contributed by atoms with Crippen molar-refractivity contribution >= 4 is 28.9 Å². The molecule has 2 heterocycles. The number of nitrogens with one attached hydrogen (secondary N) is 1. The number of halogens is 3. The van der Waals surface area contributed by atoms with Crippen molar-refractivity contribution in [1.82, 2.24) is 10.3 Å². The van der Waals surface area contributed by atoms with E-state index in [9.17, 15) is 22.8 Å². The Kier molecular flexibility index (Phi) is 6.42. The molecular weight excluding hydrogens is 461 g/mol. The lowest BCUT2D eigenvalue weighted by Gasteiger charge is -2.10. The molecule has 0 aliphatic heterocycles. The molecule has 2 aromatic heterocycles. The van der Waals surface area contributed by atoms with E-state index in [2.05, 4.69) is 10.3 Å². The molecular formula is C26H19F3N2O4. The topological polar surface area (TPSA) is 92.4 Å². The fraction of sp³-hybridized carbons (Fsp3) is 0.115. The number of carbonyl (C=O) groups excluding carboxylic acids is 1. The standard InChI is InChI=1S/C26H19F3N2O4/c1-15-2-3-16(13-30-15)4-9-23(32)31-14-21-11-20-10-19(12-22(24(20)35-21)26(27,28)29)17-5-7-18(8-6-17)25(33)34/h2-13H,14H2,1H3,(H,31,32)(H,33,34)/b9-4+. The fourth-order valence-electron chi connectivity index (χ4n) is 3.46. The SMILES string of the molecule is Cc1ccc(/C=C/C(=O)NCc2cc3cc(-c4ccc(C(=O)O)cc4)cc(C(F)(F)F)c3o2)cn1. The van der Waals surface area contributed by atoms with Gasteiger partial charge in [-0.2, -0.15) is 13.2 Å². The lowest BCUT2D eigenvalue weighted by Crippen LogP contribution is -2.19. The third kappa shape index (κ3) is 5.57. The zero-order valence-electron chi connectivity index (χ0n) is 18.4. The smallest absolute Gasteiger partial charge is 0.420 e. The van der Waals surface area contributed by atoms with Gasteiger partial charge < -0.3 is 14.8 Å². The second kappa shape index (κ2) is 9.46. The van der Waals surface area contributed by atoms with Crippen LogP contribution in [-0.2, 0) is 17.5 Å². The summed E-state index contributed by atoms with van der Waals surface area (Å²) < 4.78 is 46.8. The van der Waals surface area contributed by atoms with Crippen LogP contribution in [0.15, 0.2) is 71.3 Å². The Morgan fingerprint density at radius 1 is 1.06 bits per heavy atom. The number of carboxylic acid groups (broad SMARTS) is 1. The minimum atomic E-state index is -4.68. The molecule has 0 saturated carbocycles. The van der Waals surface area contributed by atoms with Crippen LogP contribution in [0, 0.1) is 6.92 Å². The Bertz CT molecular complexity index is 1420. The van der Waals surface area contributed by atoms with E-state index in [0.717, 1.165) is 17.3 Å². The van der Waals surface area contributed by atoms with Gasteiger partial charge in [-0.1, -0.05) is 18.2 Å². The van der Waals surface area contributed by atoms with Crippen molar-refractivity contribution in [1.29, 1.82) is 0 Å². The molecule has 0 radical (unpaired) electrons. The third-order valence-electron chi connectivity index (χ3n) is 5.24. The van der Waals surface area contributed by atoms with Crippen molar-refractivity contribution in [2.75, 3.05) is 0 Å². The van der Waals surface area contributed by atoms with E-state index < -0.39 is 23.6 Å². The number of benzene rings is 2. The lowest BCUT2D eigenvalue weighted by atomic mass is 9.99. The first-order valence-corrected chi connectivity index (χ1v) is 10.5. The summed E-state index contributed by atoms with van der Waals surface area (Å²) in [6.45, 7) is 1.74. The van der Waals surface area contributed by atoms with E-state index in [1.54, 1.807) is 24.4 Å². The van der Waals surface area contributed by atoms with Gasteiger partial charge in [0.25, 0.3) is 0 Å². The van der Waals surface area contributed by atoms with E-state index >= 15 is 0 Å². The summed E-state index contributed by atoms with van der Waals surface area (Å²) in [6, 6.07) is 13.1. The number of aromatic carboxylic acids is 1. The molecule has 178 valence electrons. The van der Waals surface area contributed by atoms with E-state index in [1.807, 2.05) is 6.92 Å². The molecule has 1 amide bonds. The first kappa shape index (κ1) is 23.7. The number of alkyl halides is 3. The van der Waals surface area contributed by atoms with Gasteiger partial charge in [-0.25, -0.2) is 4.79 Å². The third-order valence-corrected chi connectivity index (χ3v) is 5.24. The number of furan rings is 1. The number of nitrogens with zero attached hydrogens (tertiary/aromatic N) is 1. The van der Waals surface area contributed by atoms with Crippen molar-refractivity contribution in [2.45, 2.75) is 19.6 Å². The zero-order chi connectivity index (χ0) is 25.2. The fourth-order valence-corrected chi connectivity index (χ4v) is 3.46.